The zero-order valence-electron chi connectivity index (χ0n) is 10.9. The van der Waals surface area contributed by atoms with Gasteiger partial charge in [0.05, 0.1) is 5.52 Å². The quantitative estimate of drug-likeness (QED) is 0.821. The predicted octanol–water partition coefficient (Wildman–Crippen LogP) is 2.40. The van der Waals surface area contributed by atoms with Crippen molar-refractivity contribution in [1.82, 2.24) is 9.88 Å². The Morgan fingerprint density at radius 3 is 2.94 bits per heavy atom. The topological polar surface area (TPSA) is 36.1 Å². The maximum absolute atomic E-state index is 11.1. The smallest absolute Gasteiger partial charge is 0.152 e. The predicted molar refractivity (Wildman–Crippen MR) is 73.2 cm³/mol. The first-order valence-electron chi connectivity index (χ1n) is 6.44. The van der Waals surface area contributed by atoms with E-state index in [4.69, 9.17) is 0 Å². The summed E-state index contributed by atoms with van der Waals surface area (Å²) in [6.45, 7) is 0. The second kappa shape index (κ2) is 4.25. The number of benzene rings is 1. The van der Waals surface area contributed by atoms with E-state index in [0.29, 0.717) is 6.04 Å². The summed E-state index contributed by atoms with van der Waals surface area (Å²) in [6.07, 6.45) is 4.27. The highest BCUT2D eigenvalue weighted by Gasteiger charge is 2.24. The van der Waals surface area contributed by atoms with Crippen LogP contribution in [0.3, 0.4) is 0 Å². The van der Waals surface area contributed by atoms with Gasteiger partial charge in [-0.1, -0.05) is 12.1 Å². The van der Waals surface area contributed by atoms with E-state index in [1.807, 2.05) is 12.1 Å². The third kappa shape index (κ3) is 1.66. The molecular weight excluding hydrogens is 224 g/mol. The van der Waals surface area contributed by atoms with Gasteiger partial charge >= 0.3 is 0 Å². The lowest BCUT2D eigenvalue weighted by Crippen LogP contribution is -2.33. The summed E-state index contributed by atoms with van der Waals surface area (Å²) in [5, 5.41) is 1.22. The van der Waals surface area contributed by atoms with Gasteiger partial charge in [0, 0.05) is 22.7 Å². The number of carbonyl (C=O) groups excluding carboxylic acids is 1. The summed E-state index contributed by atoms with van der Waals surface area (Å²) in [5.41, 5.74) is 4.50. The highest BCUT2D eigenvalue weighted by atomic mass is 16.1. The van der Waals surface area contributed by atoms with E-state index in [9.17, 15) is 4.79 Å². The Morgan fingerprint density at radius 2 is 2.22 bits per heavy atom. The van der Waals surface area contributed by atoms with Gasteiger partial charge in [0.25, 0.3) is 0 Å². The van der Waals surface area contributed by atoms with Gasteiger partial charge in [-0.25, -0.2) is 0 Å². The fraction of sp³-hybridized carbons (Fsp3) is 0.400. The molecule has 0 spiro atoms. The highest BCUT2D eigenvalue weighted by molar-refractivity contribution is 5.98. The molecule has 1 aromatic carbocycles. The van der Waals surface area contributed by atoms with Crippen LogP contribution in [0.1, 0.15) is 28.0 Å². The summed E-state index contributed by atoms with van der Waals surface area (Å²) in [5.74, 6) is 0. The maximum atomic E-state index is 11.1. The van der Waals surface area contributed by atoms with Crippen LogP contribution in [0.15, 0.2) is 18.2 Å². The molecular formula is C15H18N2O. The van der Waals surface area contributed by atoms with Crippen molar-refractivity contribution in [2.75, 3.05) is 14.1 Å². The Bertz CT molecular complexity index is 598. The first-order valence-corrected chi connectivity index (χ1v) is 6.44. The fourth-order valence-electron chi connectivity index (χ4n) is 2.98. The molecule has 0 aliphatic heterocycles. The van der Waals surface area contributed by atoms with E-state index in [1.54, 1.807) is 0 Å². The monoisotopic (exact) mass is 242 g/mol. The van der Waals surface area contributed by atoms with Crippen LogP contribution in [0.2, 0.25) is 0 Å². The maximum Gasteiger partial charge on any atom is 0.152 e. The molecule has 1 atom stereocenters. The average Bonchev–Trinajstić information content (AvgIpc) is 2.76. The zero-order chi connectivity index (χ0) is 12.7. The number of likely N-dealkylation sites (N-methyl/N-ethyl adjacent to an activating group) is 1. The third-order valence-corrected chi connectivity index (χ3v) is 4.09. The molecule has 18 heavy (non-hydrogen) atoms. The lowest BCUT2D eigenvalue weighted by atomic mass is 9.91. The second-order valence-electron chi connectivity index (χ2n) is 5.33. The van der Waals surface area contributed by atoms with Gasteiger partial charge in [0.1, 0.15) is 0 Å². The van der Waals surface area contributed by atoms with Crippen molar-refractivity contribution in [2.45, 2.75) is 25.3 Å². The van der Waals surface area contributed by atoms with Gasteiger partial charge in [0.15, 0.2) is 6.29 Å². The Kier molecular flexibility index (Phi) is 2.71. The van der Waals surface area contributed by atoms with Crippen LogP contribution in [0.4, 0.5) is 0 Å². The molecule has 3 heteroatoms. The second-order valence-corrected chi connectivity index (χ2v) is 5.33. The zero-order valence-corrected chi connectivity index (χ0v) is 10.9. The van der Waals surface area contributed by atoms with Crippen molar-refractivity contribution in [1.29, 1.82) is 0 Å². The molecule has 0 fully saturated rings. The van der Waals surface area contributed by atoms with Crippen LogP contribution in [0.5, 0.6) is 0 Å². The number of aryl methyl sites for hydroxylation is 1. The summed E-state index contributed by atoms with van der Waals surface area (Å²) in [4.78, 5) is 16.8. The van der Waals surface area contributed by atoms with Crippen molar-refractivity contribution in [3.8, 4) is 0 Å². The summed E-state index contributed by atoms with van der Waals surface area (Å²) < 4.78 is 0. The molecule has 3 rings (SSSR count). The summed E-state index contributed by atoms with van der Waals surface area (Å²) >= 11 is 0. The normalized spacial score (nSPS) is 19.2. The van der Waals surface area contributed by atoms with Gasteiger partial charge in [0.2, 0.25) is 0 Å². The first kappa shape index (κ1) is 11.5. The number of carbonyl (C=O) groups is 1. The lowest BCUT2D eigenvalue weighted by molar-refractivity contribution is 0.112. The third-order valence-electron chi connectivity index (χ3n) is 4.09. The molecule has 1 heterocycles. The number of aromatic nitrogens is 1. The van der Waals surface area contributed by atoms with E-state index in [1.165, 1.54) is 23.1 Å². The van der Waals surface area contributed by atoms with Crippen LogP contribution < -0.4 is 0 Å². The number of aldehydes is 1. The molecule has 94 valence electrons. The number of fused-ring (bicyclic) bond motifs is 3. The minimum absolute atomic E-state index is 0.608. The molecule has 0 amide bonds. The van der Waals surface area contributed by atoms with Crippen LogP contribution in [0, 0.1) is 0 Å². The average molecular weight is 242 g/mol. The summed E-state index contributed by atoms with van der Waals surface area (Å²) in [7, 11) is 4.28. The van der Waals surface area contributed by atoms with E-state index < -0.39 is 0 Å². The molecule has 0 radical (unpaired) electrons. The van der Waals surface area contributed by atoms with E-state index in [-0.39, 0.29) is 0 Å². The van der Waals surface area contributed by atoms with E-state index in [2.05, 4.69) is 30.0 Å². The van der Waals surface area contributed by atoms with E-state index >= 15 is 0 Å². The Balaban J connectivity index is 2.14. The largest absolute Gasteiger partial charge is 0.358 e. The number of aromatic amines is 1. The molecule has 1 N–H and O–H groups in total. The molecule has 1 aromatic heterocycles. The SMILES string of the molecule is CN(C)C1CCc2[nH]c3c(C=O)cccc3c2C1. The van der Waals surface area contributed by atoms with Gasteiger partial charge in [-0.3, -0.25) is 4.79 Å². The highest BCUT2D eigenvalue weighted by Crippen LogP contribution is 2.31. The Hall–Kier alpha value is -1.61. The van der Waals surface area contributed by atoms with Crippen LogP contribution in [0.25, 0.3) is 10.9 Å². The minimum atomic E-state index is 0.608. The van der Waals surface area contributed by atoms with Crippen molar-refractivity contribution < 1.29 is 4.79 Å². The molecule has 0 saturated heterocycles. The molecule has 1 aliphatic carbocycles. The van der Waals surface area contributed by atoms with E-state index in [0.717, 1.165) is 30.2 Å². The molecule has 0 bridgehead atoms. The summed E-state index contributed by atoms with van der Waals surface area (Å²) in [6, 6.07) is 6.58. The molecule has 1 unspecified atom stereocenters. The molecule has 1 aliphatic rings. The number of rotatable bonds is 2. The van der Waals surface area contributed by atoms with Gasteiger partial charge in [-0.2, -0.15) is 0 Å². The number of H-pyrrole nitrogens is 1. The Morgan fingerprint density at radius 1 is 1.39 bits per heavy atom. The first-order chi connectivity index (χ1) is 8.70. The lowest BCUT2D eigenvalue weighted by Gasteiger charge is -2.28. The van der Waals surface area contributed by atoms with Crippen LogP contribution in [-0.4, -0.2) is 36.3 Å². The van der Waals surface area contributed by atoms with Crippen LogP contribution >= 0.6 is 0 Å². The molecule has 0 saturated carbocycles. The fourth-order valence-corrected chi connectivity index (χ4v) is 2.98. The number of para-hydroxylation sites is 1. The Labute approximate surface area is 107 Å². The minimum Gasteiger partial charge on any atom is -0.358 e. The van der Waals surface area contributed by atoms with Gasteiger partial charge < -0.3 is 9.88 Å². The van der Waals surface area contributed by atoms with Crippen molar-refractivity contribution in [2.24, 2.45) is 0 Å². The number of nitrogens with zero attached hydrogens (tertiary/aromatic N) is 1. The number of nitrogens with one attached hydrogen (secondary N) is 1. The van der Waals surface area contributed by atoms with Crippen molar-refractivity contribution in [3.05, 3.63) is 35.0 Å². The van der Waals surface area contributed by atoms with Gasteiger partial charge in [-0.15, -0.1) is 0 Å². The van der Waals surface area contributed by atoms with Gasteiger partial charge in [-0.05, 0) is 45.0 Å². The van der Waals surface area contributed by atoms with Crippen molar-refractivity contribution >= 4 is 17.2 Å². The molecule has 3 nitrogen and oxygen atoms in total. The number of hydrogen-bond acceptors (Lipinski definition) is 2. The molecule has 2 aromatic rings. The standard InChI is InChI=1S/C15H18N2O/c1-17(2)11-6-7-14-13(8-11)12-5-3-4-10(9-18)15(12)16-14/h3-5,9,11,16H,6-8H2,1-2H3. The number of hydrogen-bond donors (Lipinski definition) is 1. The van der Waals surface area contributed by atoms with Crippen molar-refractivity contribution in [3.63, 3.8) is 0 Å². The van der Waals surface area contributed by atoms with Crippen LogP contribution in [-0.2, 0) is 12.8 Å².